The minimum Gasteiger partial charge on any atom is -0.481 e. The number of aromatic amines is 1. The largest absolute Gasteiger partial charge is 0.481 e. The van der Waals surface area contributed by atoms with Crippen molar-refractivity contribution in [1.82, 2.24) is 9.88 Å². The van der Waals surface area contributed by atoms with E-state index < -0.39 is 5.97 Å². The van der Waals surface area contributed by atoms with Crippen molar-refractivity contribution in [3.8, 4) is 0 Å². The molecule has 132 valence electrons. The summed E-state index contributed by atoms with van der Waals surface area (Å²) in [7, 11) is 0. The van der Waals surface area contributed by atoms with Crippen LogP contribution in [0.5, 0.6) is 0 Å². The third-order valence-electron chi connectivity index (χ3n) is 4.81. The number of carbonyl (C=O) groups excluding carboxylic acids is 1. The maximum atomic E-state index is 12.7. The molecule has 0 aliphatic carbocycles. The van der Waals surface area contributed by atoms with Gasteiger partial charge in [-0.25, -0.2) is 0 Å². The number of amides is 1. The van der Waals surface area contributed by atoms with Gasteiger partial charge in [0.1, 0.15) is 0 Å². The smallest absolute Gasteiger partial charge is 0.303 e. The molecular weight excluding hydrogens is 320 g/mol. The van der Waals surface area contributed by atoms with Crippen molar-refractivity contribution >= 4 is 22.8 Å². The number of likely N-dealkylation sites (tertiary alicyclic amines) is 1. The van der Waals surface area contributed by atoms with E-state index in [0.717, 1.165) is 30.2 Å². The summed E-state index contributed by atoms with van der Waals surface area (Å²) in [6.07, 6.45) is 3.32. The average molecular weight is 342 g/mol. The summed E-state index contributed by atoms with van der Waals surface area (Å²) in [6.45, 7) is 0.634. The molecule has 1 aliphatic heterocycles. The van der Waals surface area contributed by atoms with Crippen molar-refractivity contribution < 1.29 is 14.7 Å². The zero-order valence-corrected chi connectivity index (χ0v) is 14.0. The van der Waals surface area contributed by atoms with Crippen LogP contribution in [0.15, 0.2) is 35.1 Å². The number of fused-ring (bicyclic) bond motifs is 1. The van der Waals surface area contributed by atoms with Crippen molar-refractivity contribution in [2.45, 2.75) is 44.6 Å². The van der Waals surface area contributed by atoms with Gasteiger partial charge in [-0.15, -0.1) is 0 Å². The number of para-hydroxylation sites is 1. The van der Waals surface area contributed by atoms with Crippen LogP contribution in [0.2, 0.25) is 0 Å². The first kappa shape index (κ1) is 17.2. The second-order valence-corrected chi connectivity index (χ2v) is 6.56. The summed E-state index contributed by atoms with van der Waals surface area (Å²) in [5.41, 5.74) is 0.957. The van der Waals surface area contributed by atoms with Gasteiger partial charge in [0.25, 0.3) is 5.56 Å². The van der Waals surface area contributed by atoms with E-state index in [2.05, 4.69) is 4.98 Å². The van der Waals surface area contributed by atoms with E-state index in [0.29, 0.717) is 18.5 Å². The molecule has 1 saturated heterocycles. The maximum Gasteiger partial charge on any atom is 0.303 e. The number of hydrogen-bond acceptors (Lipinski definition) is 3. The highest BCUT2D eigenvalue weighted by atomic mass is 16.4. The van der Waals surface area contributed by atoms with E-state index in [1.165, 1.54) is 0 Å². The Labute approximate surface area is 145 Å². The molecule has 0 radical (unpaired) electrons. The fourth-order valence-electron chi connectivity index (χ4n) is 3.51. The summed E-state index contributed by atoms with van der Waals surface area (Å²) < 4.78 is 0. The van der Waals surface area contributed by atoms with Gasteiger partial charge in [-0.1, -0.05) is 18.2 Å². The summed E-state index contributed by atoms with van der Waals surface area (Å²) in [4.78, 5) is 40.4. The monoisotopic (exact) mass is 342 g/mol. The predicted octanol–water partition coefficient (Wildman–Crippen LogP) is 2.32. The number of aromatic nitrogens is 1. The molecule has 1 aliphatic rings. The van der Waals surface area contributed by atoms with Crippen LogP contribution >= 0.6 is 0 Å². The Hall–Kier alpha value is -2.63. The molecule has 6 heteroatoms. The molecule has 6 nitrogen and oxygen atoms in total. The highest BCUT2D eigenvalue weighted by Gasteiger charge is 2.27. The molecular formula is C19H22N2O4. The topological polar surface area (TPSA) is 90.5 Å². The number of carboxylic acids is 1. The van der Waals surface area contributed by atoms with Gasteiger partial charge in [0.05, 0.1) is 6.42 Å². The van der Waals surface area contributed by atoms with Crippen LogP contribution in [0.3, 0.4) is 0 Å². The number of carbonyl (C=O) groups is 2. The summed E-state index contributed by atoms with van der Waals surface area (Å²) in [5.74, 6) is -0.945. The highest BCUT2D eigenvalue weighted by Crippen LogP contribution is 2.22. The third kappa shape index (κ3) is 4.07. The van der Waals surface area contributed by atoms with Crippen LogP contribution in [-0.2, 0) is 16.0 Å². The van der Waals surface area contributed by atoms with Gasteiger partial charge in [-0.2, -0.15) is 0 Å². The van der Waals surface area contributed by atoms with Crippen LogP contribution in [0.25, 0.3) is 10.9 Å². The van der Waals surface area contributed by atoms with Crippen molar-refractivity contribution in [3.63, 3.8) is 0 Å². The van der Waals surface area contributed by atoms with E-state index in [-0.39, 0.29) is 30.3 Å². The summed E-state index contributed by atoms with van der Waals surface area (Å²) in [5, 5.41) is 9.79. The number of rotatable bonds is 5. The van der Waals surface area contributed by atoms with E-state index in [1.807, 2.05) is 24.3 Å². The first-order chi connectivity index (χ1) is 12.0. The number of pyridine rings is 1. The molecule has 1 aromatic heterocycles. The Morgan fingerprint density at radius 1 is 1.24 bits per heavy atom. The van der Waals surface area contributed by atoms with Gasteiger partial charge < -0.3 is 15.0 Å². The fraction of sp³-hybridized carbons (Fsp3) is 0.421. The Morgan fingerprint density at radius 3 is 2.84 bits per heavy atom. The second-order valence-electron chi connectivity index (χ2n) is 6.56. The molecule has 0 unspecified atom stereocenters. The van der Waals surface area contributed by atoms with E-state index in [4.69, 9.17) is 5.11 Å². The van der Waals surface area contributed by atoms with Gasteiger partial charge in [0.15, 0.2) is 0 Å². The Morgan fingerprint density at radius 2 is 2.04 bits per heavy atom. The number of H-pyrrole nitrogens is 1. The van der Waals surface area contributed by atoms with Crippen molar-refractivity contribution in [3.05, 3.63) is 46.2 Å². The first-order valence-corrected chi connectivity index (χ1v) is 8.67. The minimum absolute atomic E-state index is 0.0445. The fourth-order valence-corrected chi connectivity index (χ4v) is 3.51. The molecule has 0 bridgehead atoms. The minimum atomic E-state index is -0.844. The van der Waals surface area contributed by atoms with Gasteiger partial charge >= 0.3 is 5.97 Å². The molecule has 0 spiro atoms. The third-order valence-corrected chi connectivity index (χ3v) is 4.81. The lowest BCUT2D eigenvalue weighted by Gasteiger charge is -2.35. The lowest BCUT2D eigenvalue weighted by molar-refractivity contribution is -0.139. The van der Waals surface area contributed by atoms with E-state index in [9.17, 15) is 14.4 Å². The summed E-state index contributed by atoms with van der Waals surface area (Å²) >= 11 is 0. The van der Waals surface area contributed by atoms with Gasteiger partial charge in [-0.3, -0.25) is 14.4 Å². The molecule has 25 heavy (non-hydrogen) atoms. The first-order valence-electron chi connectivity index (χ1n) is 8.67. The number of hydrogen-bond donors (Lipinski definition) is 2. The van der Waals surface area contributed by atoms with Crippen molar-refractivity contribution in [2.75, 3.05) is 6.54 Å². The molecule has 2 N–H and O–H groups in total. The van der Waals surface area contributed by atoms with Gasteiger partial charge in [0.2, 0.25) is 5.91 Å². The molecule has 2 heterocycles. The molecule has 1 aromatic carbocycles. The normalized spacial score (nSPS) is 17.6. The number of nitrogens with one attached hydrogen (secondary N) is 1. The summed E-state index contributed by atoms with van der Waals surface area (Å²) in [6, 6.07) is 9.19. The molecule has 0 saturated carbocycles. The number of piperidine rings is 1. The number of aliphatic carboxylic acids is 1. The Kier molecular flexibility index (Phi) is 5.16. The number of carboxylic acid groups (broad SMARTS) is 1. The van der Waals surface area contributed by atoms with Gasteiger partial charge in [-0.05, 0) is 43.2 Å². The van der Waals surface area contributed by atoms with Crippen LogP contribution in [0.4, 0.5) is 0 Å². The molecule has 1 amide bonds. The lowest BCUT2D eigenvalue weighted by Crippen LogP contribution is -2.45. The molecule has 1 atom stereocenters. The quantitative estimate of drug-likeness (QED) is 0.872. The highest BCUT2D eigenvalue weighted by molar-refractivity contribution is 5.83. The van der Waals surface area contributed by atoms with Gasteiger partial charge in [0, 0.05) is 30.1 Å². The SMILES string of the molecule is O=C(O)CC[C@@H]1CCCCN1C(=O)Cc1cc2ccccc2[nH]c1=O. The average Bonchev–Trinajstić information content (AvgIpc) is 2.60. The number of benzene rings is 1. The second kappa shape index (κ2) is 7.51. The standard InChI is InChI=1S/C19H22N2O4/c22-17(21-10-4-3-6-15(21)8-9-18(23)24)12-14-11-13-5-1-2-7-16(13)20-19(14)25/h1-2,5,7,11,15H,3-4,6,8-10,12H2,(H,20,25)(H,23,24)/t15-/m0/s1. The Balaban J connectivity index is 1.77. The van der Waals surface area contributed by atoms with Crippen LogP contribution in [-0.4, -0.2) is 39.5 Å². The van der Waals surface area contributed by atoms with Crippen molar-refractivity contribution in [2.24, 2.45) is 0 Å². The van der Waals surface area contributed by atoms with Crippen LogP contribution in [0, 0.1) is 0 Å². The van der Waals surface area contributed by atoms with E-state index >= 15 is 0 Å². The van der Waals surface area contributed by atoms with Crippen molar-refractivity contribution in [1.29, 1.82) is 0 Å². The molecule has 3 rings (SSSR count). The van der Waals surface area contributed by atoms with E-state index in [1.54, 1.807) is 11.0 Å². The maximum absolute atomic E-state index is 12.7. The molecule has 1 fully saturated rings. The van der Waals surface area contributed by atoms with Crippen LogP contribution in [0.1, 0.15) is 37.7 Å². The number of nitrogens with zero attached hydrogens (tertiary/aromatic N) is 1. The predicted molar refractivity (Wildman–Crippen MR) is 94.5 cm³/mol. The molecule has 2 aromatic rings. The zero-order valence-electron chi connectivity index (χ0n) is 14.0. The Bertz CT molecular complexity index is 843. The zero-order chi connectivity index (χ0) is 17.8. The van der Waals surface area contributed by atoms with Crippen LogP contribution < -0.4 is 5.56 Å². The lowest BCUT2D eigenvalue weighted by atomic mass is 9.97.